The molecule has 4 nitrogen and oxygen atoms in total. The van der Waals surface area contributed by atoms with E-state index < -0.39 is 0 Å². The van der Waals surface area contributed by atoms with Crippen molar-refractivity contribution in [1.29, 1.82) is 0 Å². The van der Waals surface area contributed by atoms with Crippen LogP contribution in [-0.2, 0) is 6.54 Å². The molecule has 1 aromatic rings. The van der Waals surface area contributed by atoms with E-state index in [0.29, 0.717) is 18.0 Å². The molecule has 0 aromatic carbocycles. The number of hydrogen-bond donors (Lipinski definition) is 1. The van der Waals surface area contributed by atoms with Gasteiger partial charge >= 0.3 is 0 Å². The van der Waals surface area contributed by atoms with Gasteiger partial charge in [0.15, 0.2) is 0 Å². The molecule has 0 aliphatic rings. The third-order valence-electron chi connectivity index (χ3n) is 2.39. The summed E-state index contributed by atoms with van der Waals surface area (Å²) in [5, 5.41) is 4.34. The van der Waals surface area contributed by atoms with Gasteiger partial charge in [0.25, 0.3) is 5.56 Å². The zero-order chi connectivity index (χ0) is 13.2. The predicted octanol–water partition coefficient (Wildman–Crippen LogP) is 1.66. The van der Waals surface area contributed by atoms with E-state index in [1.54, 1.807) is 6.07 Å². The Morgan fingerprint density at radius 3 is 2.47 bits per heavy atom. The van der Waals surface area contributed by atoms with Crippen molar-refractivity contribution in [1.82, 2.24) is 9.78 Å². The SMILES string of the molecule is CC(C)Cn1nc(C(C)C)cc(C(N)=S)c1=O. The summed E-state index contributed by atoms with van der Waals surface area (Å²) in [5.74, 6) is 0.587. The first-order chi connectivity index (χ1) is 7.82. The van der Waals surface area contributed by atoms with Crippen molar-refractivity contribution in [3.05, 3.63) is 27.7 Å². The molecule has 0 radical (unpaired) electrons. The van der Waals surface area contributed by atoms with Crippen LogP contribution in [0.3, 0.4) is 0 Å². The van der Waals surface area contributed by atoms with E-state index in [4.69, 9.17) is 18.0 Å². The first-order valence-corrected chi connectivity index (χ1v) is 6.15. The minimum atomic E-state index is -0.199. The third-order valence-corrected chi connectivity index (χ3v) is 2.61. The largest absolute Gasteiger partial charge is 0.389 e. The molecule has 0 spiro atoms. The highest BCUT2D eigenvalue weighted by Crippen LogP contribution is 2.11. The fourth-order valence-electron chi connectivity index (χ4n) is 1.49. The number of nitrogens with zero attached hydrogens (tertiary/aromatic N) is 2. The van der Waals surface area contributed by atoms with E-state index in [9.17, 15) is 4.79 Å². The summed E-state index contributed by atoms with van der Waals surface area (Å²) in [7, 11) is 0. The second kappa shape index (κ2) is 5.40. The standard InChI is InChI=1S/C12H19N3OS/c1-7(2)6-15-12(16)9(11(13)17)5-10(14-15)8(3)4/h5,7-8H,6H2,1-4H3,(H2,13,17). The topological polar surface area (TPSA) is 60.9 Å². The van der Waals surface area contributed by atoms with Crippen LogP contribution < -0.4 is 11.3 Å². The first-order valence-electron chi connectivity index (χ1n) is 5.74. The minimum Gasteiger partial charge on any atom is -0.389 e. The molecule has 0 saturated heterocycles. The van der Waals surface area contributed by atoms with Gasteiger partial charge in [-0.3, -0.25) is 4.79 Å². The molecule has 2 N–H and O–H groups in total. The lowest BCUT2D eigenvalue weighted by atomic mass is 10.1. The summed E-state index contributed by atoms with van der Waals surface area (Å²) in [6.07, 6.45) is 0. The van der Waals surface area contributed by atoms with Gasteiger partial charge in [-0.15, -0.1) is 0 Å². The lowest BCUT2D eigenvalue weighted by Gasteiger charge is -2.13. The van der Waals surface area contributed by atoms with Crippen LogP contribution in [0.1, 0.15) is 44.9 Å². The van der Waals surface area contributed by atoms with Crippen LogP contribution in [-0.4, -0.2) is 14.8 Å². The molecule has 0 unspecified atom stereocenters. The maximum absolute atomic E-state index is 12.1. The van der Waals surface area contributed by atoms with Crippen molar-refractivity contribution in [2.75, 3.05) is 0 Å². The Bertz CT molecular complexity index is 477. The molecule has 1 rings (SSSR count). The summed E-state index contributed by atoms with van der Waals surface area (Å²) in [6.45, 7) is 8.70. The van der Waals surface area contributed by atoms with Gasteiger partial charge in [-0.25, -0.2) is 4.68 Å². The zero-order valence-electron chi connectivity index (χ0n) is 10.7. The van der Waals surface area contributed by atoms with Crippen molar-refractivity contribution in [3.63, 3.8) is 0 Å². The van der Waals surface area contributed by atoms with Crippen LogP contribution in [0.15, 0.2) is 10.9 Å². The monoisotopic (exact) mass is 253 g/mol. The number of thiocarbonyl (C=S) groups is 1. The second-order valence-electron chi connectivity index (χ2n) is 4.88. The highest BCUT2D eigenvalue weighted by molar-refractivity contribution is 7.80. The number of hydrogen-bond acceptors (Lipinski definition) is 3. The molecule has 5 heteroatoms. The third kappa shape index (κ3) is 3.36. The molecule has 0 aliphatic heterocycles. The van der Waals surface area contributed by atoms with Gasteiger partial charge in [0.2, 0.25) is 0 Å². The lowest BCUT2D eigenvalue weighted by Crippen LogP contribution is -2.33. The molecule has 0 bridgehead atoms. The van der Waals surface area contributed by atoms with Crippen molar-refractivity contribution in [3.8, 4) is 0 Å². The van der Waals surface area contributed by atoms with Crippen LogP contribution in [0.5, 0.6) is 0 Å². The van der Waals surface area contributed by atoms with Crippen LogP contribution in [0.25, 0.3) is 0 Å². The Morgan fingerprint density at radius 1 is 1.47 bits per heavy atom. The number of aromatic nitrogens is 2. The number of rotatable bonds is 4. The van der Waals surface area contributed by atoms with Gasteiger partial charge in [0.05, 0.1) is 11.3 Å². The molecule has 0 amide bonds. The first kappa shape index (κ1) is 13.8. The van der Waals surface area contributed by atoms with Crippen LogP contribution in [0.2, 0.25) is 0 Å². The van der Waals surface area contributed by atoms with Crippen molar-refractivity contribution < 1.29 is 0 Å². The minimum absolute atomic E-state index is 0.136. The molecule has 0 saturated carbocycles. The molecule has 17 heavy (non-hydrogen) atoms. The normalized spacial score (nSPS) is 11.2. The molecule has 0 aliphatic carbocycles. The summed E-state index contributed by atoms with van der Waals surface area (Å²) in [4.78, 5) is 12.2. The summed E-state index contributed by atoms with van der Waals surface area (Å²) in [5.41, 5.74) is 6.60. The Labute approximate surface area is 107 Å². The average Bonchev–Trinajstić information content (AvgIpc) is 2.19. The van der Waals surface area contributed by atoms with Gasteiger partial charge in [0, 0.05) is 6.54 Å². The van der Waals surface area contributed by atoms with E-state index in [-0.39, 0.29) is 16.5 Å². The zero-order valence-corrected chi connectivity index (χ0v) is 11.5. The van der Waals surface area contributed by atoms with E-state index in [0.717, 1.165) is 5.69 Å². The molecule has 1 heterocycles. The van der Waals surface area contributed by atoms with Gasteiger partial charge in [-0.05, 0) is 17.9 Å². The smallest absolute Gasteiger partial charge is 0.277 e. The molecule has 0 atom stereocenters. The Kier molecular flexibility index (Phi) is 4.40. The summed E-state index contributed by atoms with van der Waals surface area (Å²) in [6, 6.07) is 1.70. The van der Waals surface area contributed by atoms with Gasteiger partial charge in [0.1, 0.15) is 4.99 Å². The van der Waals surface area contributed by atoms with Gasteiger partial charge in [-0.2, -0.15) is 5.10 Å². The van der Waals surface area contributed by atoms with E-state index in [1.807, 2.05) is 27.7 Å². The summed E-state index contributed by atoms with van der Waals surface area (Å²) < 4.78 is 1.47. The quantitative estimate of drug-likeness (QED) is 0.829. The van der Waals surface area contributed by atoms with E-state index in [1.165, 1.54) is 4.68 Å². The summed E-state index contributed by atoms with van der Waals surface area (Å²) >= 11 is 4.91. The van der Waals surface area contributed by atoms with Crippen molar-refractivity contribution in [2.24, 2.45) is 11.7 Å². The van der Waals surface area contributed by atoms with E-state index in [2.05, 4.69) is 5.10 Å². The highest BCUT2D eigenvalue weighted by atomic mass is 32.1. The Hall–Kier alpha value is -1.23. The number of nitrogens with two attached hydrogens (primary N) is 1. The molecule has 1 aromatic heterocycles. The maximum atomic E-state index is 12.1. The highest BCUT2D eigenvalue weighted by Gasteiger charge is 2.13. The Morgan fingerprint density at radius 2 is 2.06 bits per heavy atom. The van der Waals surface area contributed by atoms with Crippen molar-refractivity contribution >= 4 is 17.2 Å². The average molecular weight is 253 g/mol. The van der Waals surface area contributed by atoms with E-state index >= 15 is 0 Å². The van der Waals surface area contributed by atoms with Crippen LogP contribution in [0, 0.1) is 5.92 Å². The Balaban J connectivity index is 3.38. The van der Waals surface area contributed by atoms with Gasteiger partial charge < -0.3 is 5.73 Å². The predicted molar refractivity (Wildman–Crippen MR) is 73.3 cm³/mol. The maximum Gasteiger partial charge on any atom is 0.277 e. The molecule has 94 valence electrons. The van der Waals surface area contributed by atoms with Crippen LogP contribution >= 0.6 is 12.2 Å². The lowest BCUT2D eigenvalue weighted by molar-refractivity contribution is 0.454. The fraction of sp³-hybridized carbons (Fsp3) is 0.583. The molecular weight excluding hydrogens is 234 g/mol. The molecular formula is C12H19N3OS. The van der Waals surface area contributed by atoms with Crippen LogP contribution in [0.4, 0.5) is 0 Å². The van der Waals surface area contributed by atoms with Gasteiger partial charge in [-0.1, -0.05) is 39.9 Å². The second-order valence-corrected chi connectivity index (χ2v) is 5.32. The molecule has 0 fully saturated rings. The fourth-order valence-corrected chi connectivity index (χ4v) is 1.64. The van der Waals surface area contributed by atoms with Crippen molar-refractivity contribution in [2.45, 2.75) is 40.2 Å².